The normalized spacial score (nSPS) is 13.5. The van der Waals surface area contributed by atoms with E-state index < -0.39 is 17.4 Å². The van der Waals surface area contributed by atoms with Crippen LogP contribution < -0.4 is 0 Å². The molecular formula is C28H42O5. The van der Waals surface area contributed by atoms with Crippen LogP contribution in [0.4, 0.5) is 0 Å². The molecule has 5 nitrogen and oxygen atoms in total. The Morgan fingerprint density at radius 1 is 0.758 bits per heavy atom. The SMILES string of the molecule is CCCCCOC(=O)C(CCCCC)(C(=O)OCCCCC)c1ccc(C(=O)C2CC2)cc1. The lowest BCUT2D eigenvalue weighted by atomic mass is 9.75. The molecule has 5 heteroatoms. The highest BCUT2D eigenvalue weighted by Crippen LogP contribution is 2.36. The molecule has 1 fully saturated rings. The largest absolute Gasteiger partial charge is 0.465 e. The number of ether oxygens (including phenoxy) is 2. The highest BCUT2D eigenvalue weighted by molar-refractivity contribution is 6.06. The second kappa shape index (κ2) is 14.2. The van der Waals surface area contributed by atoms with Gasteiger partial charge in [0.2, 0.25) is 0 Å². The quantitative estimate of drug-likeness (QED) is 0.114. The molecule has 0 aliphatic heterocycles. The van der Waals surface area contributed by atoms with Crippen molar-refractivity contribution in [3.8, 4) is 0 Å². The zero-order valence-electron chi connectivity index (χ0n) is 20.8. The number of hydrogen-bond donors (Lipinski definition) is 0. The lowest BCUT2D eigenvalue weighted by Crippen LogP contribution is -2.46. The molecule has 0 amide bonds. The van der Waals surface area contributed by atoms with Crippen LogP contribution in [0.3, 0.4) is 0 Å². The van der Waals surface area contributed by atoms with Gasteiger partial charge >= 0.3 is 11.9 Å². The molecule has 0 aromatic heterocycles. The summed E-state index contributed by atoms with van der Waals surface area (Å²) >= 11 is 0. The summed E-state index contributed by atoms with van der Waals surface area (Å²) in [4.78, 5) is 39.5. The van der Waals surface area contributed by atoms with Crippen LogP contribution in [0, 0.1) is 5.92 Å². The van der Waals surface area contributed by atoms with E-state index in [9.17, 15) is 14.4 Å². The molecule has 0 radical (unpaired) electrons. The van der Waals surface area contributed by atoms with Gasteiger partial charge in [-0.2, -0.15) is 0 Å². The van der Waals surface area contributed by atoms with Crippen LogP contribution in [0.5, 0.6) is 0 Å². The lowest BCUT2D eigenvalue weighted by Gasteiger charge is -2.30. The van der Waals surface area contributed by atoms with Crippen molar-refractivity contribution in [3.05, 3.63) is 35.4 Å². The number of unbranched alkanes of at least 4 members (excludes halogenated alkanes) is 6. The molecule has 33 heavy (non-hydrogen) atoms. The second-order valence-electron chi connectivity index (χ2n) is 9.26. The molecule has 0 unspecified atom stereocenters. The minimum atomic E-state index is -1.49. The van der Waals surface area contributed by atoms with Crippen molar-refractivity contribution in [2.75, 3.05) is 13.2 Å². The first-order valence-corrected chi connectivity index (χ1v) is 13.0. The van der Waals surface area contributed by atoms with Gasteiger partial charge in [0, 0.05) is 11.5 Å². The van der Waals surface area contributed by atoms with E-state index in [0.29, 0.717) is 37.2 Å². The van der Waals surface area contributed by atoms with E-state index in [4.69, 9.17) is 9.47 Å². The minimum absolute atomic E-state index is 0.122. The maximum atomic E-state index is 13.5. The highest BCUT2D eigenvalue weighted by atomic mass is 16.6. The fourth-order valence-electron chi connectivity index (χ4n) is 4.09. The number of benzene rings is 1. The molecule has 0 spiro atoms. The van der Waals surface area contributed by atoms with Gasteiger partial charge < -0.3 is 9.47 Å². The van der Waals surface area contributed by atoms with Crippen LogP contribution in [0.1, 0.15) is 114 Å². The highest BCUT2D eigenvalue weighted by Gasteiger charge is 2.50. The Hall–Kier alpha value is -2.17. The van der Waals surface area contributed by atoms with E-state index in [0.717, 1.165) is 64.2 Å². The molecule has 0 bridgehead atoms. The number of carbonyl (C=O) groups excluding carboxylic acids is 3. The van der Waals surface area contributed by atoms with Crippen molar-refractivity contribution in [3.63, 3.8) is 0 Å². The van der Waals surface area contributed by atoms with Crippen LogP contribution in [0.25, 0.3) is 0 Å². The Balaban J connectivity index is 2.34. The van der Waals surface area contributed by atoms with E-state index in [1.54, 1.807) is 24.3 Å². The molecular weight excluding hydrogens is 416 g/mol. The van der Waals surface area contributed by atoms with Gasteiger partial charge in [0.1, 0.15) is 0 Å². The van der Waals surface area contributed by atoms with Gasteiger partial charge in [-0.15, -0.1) is 0 Å². The van der Waals surface area contributed by atoms with E-state index in [1.165, 1.54) is 0 Å². The first-order valence-electron chi connectivity index (χ1n) is 13.0. The van der Waals surface area contributed by atoms with Crippen LogP contribution in [-0.4, -0.2) is 30.9 Å². The molecule has 184 valence electrons. The third-order valence-corrected chi connectivity index (χ3v) is 6.42. The van der Waals surface area contributed by atoms with Crippen LogP contribution in [0.2, 0.25) is 0 Å². The average molecular weight is 459 g/mol. The molecule has 1 aliphatic carbocycles. The van der Waals surface area contributed by atoms with Gasteiger partial charge in [-0.25, -0.2) is 0 Å². The van der Waals surface area contributed by atoms with E-state index in [2.05, 4.69) is 20.8 Å². The number of rotatable bonds is 17. The standard InChI is InChI=1S/C28H42O5/c1-4-7-10-19-28(26(30)32-20-11-8-5-2,27(31)33-21-12-9-6-3)24-17-15-23(16-18-24)25(29)22-13-14-22/h15-18,22H,4-14,19-21H2,1-3H3. The Bertz CT molecular complexity index is 724. The van der Waals surface area contributed by atoms with E-state index >= 15 is 0 Å². The minimum Gasteiger partial charge on any atom is -0.465 e. The fourth-order valence-corrected chi connectivity index (χ4v) is 4.09. The molecule has 0 N–H and O–H groups in total. The topological polar surface area (TPSA) is 69.7 Å². The monoisotopic (exact) mass is 458 g/mol. The van der Waals surface area contributed by atoms with Crippen LogP contribution in [0.15, 0.2) is 24.3 Å². The molecule has 1 saturated carbocycles. The number of Topliss-reactive ketones (excluding diaryl/α,β-unsaturated/α-hetero) is 1. The summed E-state index contributed by atoms with van der Waals surface area (Å²) in [6.07, 6.45) is 10.3. The summed E-state index contributed by atoms with van der Waals surface area (Å²) < 4.78 is 11.3. The van der Waals surface area contributed by atoms with Gasteiger partial charge in [-0.3, -0.25) is 14.4 Å². The Kier molecular flexibility index (Phi) is 11.6. The zero-order valence-corrected chi connectivity index (χ0v) is 20.8. The average Bonchev–Trinajstić information content (AvgIpc) is 3.67. The summed E-state index contributed by atoms with van der Waals surface area (Å²) in [5.74, 6) is -0.799. The molecule has 1 aromatic rings. The Morgan fingerprint density at radius 2 is 1.24 bits per heavy atom. The van der Waals surface area contributed by atoms with Crippen LogP contribution >= 0.6 is 0 Å². The van der Waals surface area contributed by atoms with E-state index in [1.807, 2.05) is 0 Å². The first-order chi connectivity index (χ1) is 16.0. The van der Waals surface area contributed by atoms with Gasteiger partial charge in [0.05, 0.1) is 13.2 Å². The van der Waals surface area contributed by atoms with Gasteiger partial charge in [-0.1, -0.05) is 90.0 Å². The summed E-state index contributed by atoms with van der Waals surface area (Å²) in [5, 5.41) is 0. The molecule has 0 atom stereocenters. The summed E-state index contributed by atoms with van der Waals surface area (Å²) in [6, 6.07) is 7.00. The first kappa shape index (κ1) is 27.1. The van der Waals surface area contributed by atoms with Crippen molar-refractivity contribution < 1.29 is 23.9 Å². The molecule has 1 aliphatic rings. The molecule has 0 saturated heterocycles. The summed E-state index contributed by atoms with van der Waals surface area (Å²) in [5.41, 5.74) is -0.294. The number of esters is 2. The fraction of sp³-hybridized carbons (Fsp3) is 0.679. The molecule has 0 heterocycles. The Morgan fingerprint density at radius 3 is 1.70 bits per heavy atom. The third-order valence-electron chi connectivity index (χ3n) is 6.42. The maximum absolute atomic E-state index is 13.5. The van der Waals surface area contributed by atoms with Crippen molar-refractivity contribution in [2.45, 2.75) is 103 Å². The van der Waals surface area contributed by atoms with E-state index in [-0.39, 0.29) is 11.7 Å². The Labute approximate surface area is 199 Å². The van der Waals surface area contributed by atoms with Gasteiger partial charge in [-0.05, 0) is 37.7 Å². The van der Waals surface area contributed by atoms with Crippen molar-refractivity contribution in [1.82, 2.24) is 0 Å². The lowest BCUT2D eigenvalue weighted by molar-refractivity contribution is -0.166. The number of hydrogen-bond acceptors (Lipinski definition) is 5. The van der Waals surface area contributed by atoms with Crippen molar-refractivity contribution in [1.29, 1.82) is 0 Å². The number of ketones is 1. The second-order valence-corrected chi connectivity index (χ2v) is 9.26. The van der Waals surface area contributed by atoms with Gasteiger partial charge in [0.15, 0.2) is 11.2 Å². The summed E-state index contributed by atoms with van der Waals surface area (Å²) in [7, 11) is 0. The molecule has 1 aromatic carbocycles. The predicted molar refractivity (Wildman–Crippen MR) is 130 cm³/mol. The zero-order chi connectivity index (χ0) is 24.1. The molecule has 2 rings (SSSR count). The number of carbonyl (C=O) groups is 3. The van der Waals surface area contributed by atoms with Crippen molar-refractivity contribution in [2.24, 2.45) is 5.92 Å². The maximum Gasteiger partial charge on any atom is 0.328 e. The van der Waals surface area contributed by atoms with Gasteiger partial charge in [0.25, 0.3) is 0 Å². The summed E-state index contributed by atoms with van der Waals surface area (Å²) in [6.45, 7) is 6.86. The van der Waals surface area contributed by atoms with Crippen molar-refractivity contribution >= 4 is 17.7 Å². The van der Waals surface area contributed by atoms with Crippen LogP contribution in [-0.2, 0) is 24.5 Å². The predicted octanol–water partition coefficient (Wildman–Crippen LogP) is 6.56. The smallest absolute Gasteiger partial charge is 0.328 e. The third kappa shape index (κ3) is 7.68.